The average Bonchev–Trinajstić information content (AvgIpc) is 2.48. The number of rotatable bonds is 3. The number of aromatic nitrogens is 2. The van der Waals surface area contributed by atoms with Crippen molar-refractivity contribution < 1.29 is 9.84 Å². The van der Waals surface area contributed by atoms with Crippen LogP contribution in [0.15, 0.2) is 53.3 Å². The molecule has 0 aliphatic carbocycles. The third kappa shape index (κ3) is 2.33. The zero-order chi connectivity index (χ0) is 13.9. The van der Waals surface area contributed by atoms with E-state index < -0.39 is 11.3 Å². The van der Waals surface area contributed by atoms with Gasteiger partial charge in [-0.2, -0.15) is 0 Å². The van der Waals surface area contributed by atoms with E-state index in [1.165, 1.54) is 6.07 Å². The normalized spacial score (nSPS) is 10.6. The van der Waals surface area contributed by atoms with Gasteiger partial charge in [0, 0.05) is 11.5 Å². The van der Waals surface area contributed by atoms with Gasteiger partial charge in [-0.15, -0.1) is 5.10 Å². The number of aromatic amines is 1. The molecule has 0 atom stereocenters. The summed E-state index contributed by atoms with van der Waals surface area (Å²) < 4.78 is 5.71. The van der Waals surface area contributed by atoms with Crippen molar-refractivity contribution in [1.82, 2.24) is 10.2 Å². The molecule has 5 heteroatoms. The van der Waals surface area contributed by atoms with Crippen molar-refractivity contribution >= 4 is 10.8 Å². The van der Waals surface area contributed by atoms with Crippen LogP contribution in [0.4, 0.5) is 0 Å². The van der Waals surface area contributed by atoms with E-state index in [2.05, 4.69) is 10.2 Å². The number of H-pyrrole nitrogens is 1. The Morgan fingerprint density at radius 2 is 1.95 bits per heavy atom. The Morgan fingerprint density at radius 3 is 2.80 bits per heavy atom. The Morgan fingerprint density at radius 1 is 1.15 bits per heavy atom. The molecule has 0 spiro atoms. The summed E-state index contributed by atoms with van der Waals surface area (Å²) in [4.78, 5) is 11.3. The Labute approximate surface area is 114 Å². The number of ether oxygens (including phenoxy) is 1. The lowest BCUT2D eigenvalue weighted by molar-refractivity contribution is 0.302. The highest BCUT2D eigenvalue weighted by molar-refractivity contribution is 5.88. The number of aromatic hydroxyl groups is 1. The second-order valence-electron chi connectivity index (χ2n) is 4.35. The van der Waals surface area contributed by atoms with E-state index >= 15 is 0 Å². The monoisotopic (exact) mass is 268 g/mol. The summed E-state index contributed by atoms with van der Waals surface area (Å²) in [6, 6.07) is 14.9. The Balaban J connectivity index is 1.86. The quantitative estimate of drug-likeness (QED) is 0.763. The molecule has 0 saturated carbocycles. The summed E-state index contributed by atoms with van der Waals surface area (Å²) in [6.45, 7) is 0.177. The maximum atomic E-state index is 11.3. The minimum absolute atomic E-state index is 0.177. The van der Waals surface area contributed by atoms with E-state index in [0.29, 0.717) is 5.69 Å². The molecular formula is C15H12N2O3. The minimum Gasteiger partial charge on any atom is -0.490 e. The van der Waals surface area contributed by atoms with Gasteiger partial charge in [0.25, 0.3) is 5.88 Å². The highest BCUT2D eigenvalue weighted by Gasteiger charge is 2.04. The van der Waals surface area contributed by atoms with E-state index in [1.807, 2.05) is 42.5 Å². The van der Waals surface area contributed by atoms with Gasteiger partial charge in [-0.1, -0.05) is 36.4 Å². The van der Waals surface area contributed by atoms with Crippen LogP contribution >= 0.6 is 0 Å². The fourth-order valence-electron chi connectivity index (χ4n) is 1.99. The molecule has 2 aromatic carbocycles. The smallest absolute Gasteiger partial charge is 0.277 e. The molecule has 0 radical (unpaired) electrons. The Hall–Kier alpha value is -2.82. The van der Waals surface area contributed by atoms with Gasteiger partial charge < -0.3 is 9.84 Å². The SMILES string of the molecule is O=c1cc(COc2cccc3ccccc23)[nH]nc1O. The molecule has 1 heterocycles. The van der Waals surface area contributed by atoms with Crippen molar-refractivity contribution in [2.24, 2.45) is 0 Å². The first-order valence-electron chi connectivity index (χ1n) is 6.12. The fraction of sp³-hybridized carbons (Fsp3) is 0.0667. The number of hydrogen-bond donors (Lipinski definition) is 2. The van der Waals surface area contributed by atoms with Gasteiger partial charge in [0.05, 0.1) is 5.69 Å². The van der Waals surface area contributed by atoms with Crippen LogP contribution < -0.4 is 10.2 Å². The summed E-state index contributed by atoms with van der Waals surface area (Å²) in [5.74, 6) is 0.191. The van der Waals surface area contributed by atoms with Crippen LogP contribution in [-0.4, -0.2) is 15.3 Å². The molecule has 0 saturated heterocycles. The van der Waals surface area contributed by atoms with Crippen molar-refractivity contribution in [3.05, 3.63) is 64.4 Å². The summed E-state index contributed by atoms with van der Waals surface area (Å²) in [5.41, 5.74) is -0.0268. The van der Waals surface area contributed by atoms with Crippen molar-refractivity contribution in [3.63, 3.8) is 0 Å². The molecule has 2 N–H and O–H groups in total. The first-order chi connectivity index (χ1) is 9.74. The molecule has 100 valence electrons. The molecule has 0 fully saturated rings. The van der Waals surface area contributed by atoms with Gasteiger partial charge >= 0.3 is 0 Å². The van der Waals surface area contributed by atoms with Crippen molar-refractivity contribution in [1.29, 1.82) is 0 Å². The van der Waals surface area contributed by atoms with Crippen LogP contribution in [-0.2, 0) is 6.61 Å². The van der Waals surface area contributed by atoms with Crippen LogP contribution in [0.5, 0.6) is 11.6 Å². The lowest BCUT2D eigenvalue weighted by Crippen LogP contribution is -2.08. The first-order valence-corrected chi connectivity index (χ1v) is 6.12. The van der Waals surface area contributed by atoms with Gasteiger partial charge in [-0.25, -0.2) is 0 Å². The molecule has 0 amide bonds. The van der Waals surface area contributed by atoms with Crippen LogP contribution in [0.25, 0.3) is 10.8 Å². The molecule has 0 bridgehead atoms. The fourth-order valence-corrected chi connectivity index (χ4v) is 1.99. The lowest BCUT2D eigenvalue weighted by Gasteiger charge is -2.09. The molecule has 0 aliphatic heterocycles. The lowest BCUT2D eigenvalue weighted by atomic mass is 10.1. The molecule has 3 aromatic rings. The van der Waals surface area contributed by atoms with Gasteiger partial charge in [0.1, 0.15) is 12.4 Å². The van der Waals surface area contributed by atoms with Gasteiger partial charge in [-0.05, 0) is 11.5 Å². The van der Waals surface area contributed by atoms with Crippen LogP contribution in [0.3, 0.4) is 0 Å². The zero-order valence-electron chi connectivity index (χ0n) is 10.5. The average molecular weight is 268 g/mol. The first kappa shape index (κ1) is 12.2. The van der Waals surface area contributed by atoms with Crippen LogP contribution in [0, 0.1) is 0 Å². The van der Waals surface area contributed by atoms with E-state index in [4.69, 9.17) is 9.84 Å². The standard InChI is InChI=1S/C15H12N2O3/c18-13-8-11(16-17-15(13)19)9-20-14-7-3-5-10-4-1-2-6-12(10)14/h1-8H,9H2,(H,16,18)(H,17,19). The molecule has 1 aromatic heterocycles. The number of nitrogens with one attached hydrogen (secondary N) is 1. The number of fused-ring (bicyclic) bond motifs is 1. The van der Waals surface area contributed by atoms with Gasteiger partial charge in [0.15, 0.2) is 0 Å². The summed E-state index contributed by atoms with van der Waals surface area (Å²) in [5, 5.41) is 17.2. The third-order valence-corrected chi connectivity index (χ3v) is 2.96. The maximum absolute atomic E-state index is 11.3. The molecule has 20 heavy (non-hydrogen) atoms. The third-order valence-electron chi connectivity index (χ3n) is 2.96. The second kappa shape index (κ2) is 5.05. The van der Waals surface area contributed by atoms with Crippen molar-refractivity contribution in [3.8, 4) is 11.6 Å². The number of nitrogens with zero attached hydrogens (tertiary/aromatic N) is 1. The molecule has 0 aliphatic rings. The van der Waals surface area contributed by atoms with Gasteiger partial charge in [-0.3, -0.25) is 9.89 Å². The highest BCUT2D eigenvalue weighted by atomic mass is 16.5. The largest absolute Gasteiger partial charge is 0.490 e. The van der Waals surface area contributed by atoms with E-state index in [0.717, 1.165) is 16.5 Å². The molecule has 3 rings (SSSR count). The number of benzene rings is 2. The van der Waals surface area contributed by atoms with E-state index in [-0.39, 0.29) is 6.61 Å². The summed E-state index contributed by atoms with van der Waals surface area (Å²) in [7, 11) is 0. The predicted octanol–water partition coefficient (Wildman–Crippen LogP) is 2.21. The van der Waals surface area contributed by atoms with Crippen molar-refractivity contribution in [2.45, 2.75) is 6.61 Å². The van der Waals surface area contributed by atoms with Crippen molar-refractivity contribution in [2.75, 3.05) is 0 Å². The zero-order valence-corrected chi connectivity index (χ0v) is 10.5. The van der Waals surface area contributed by atoms with E-state index in [1.54, 1.807) is 0 Å². The Kier molecular flexibility index (Phi) is 3.09. The second-order valence-corrected chi connectivity index (χ2v) is 4.35. The summed E-state index contributed by atoms with van der Waals surface area (Å²) in [6.07, 6.45) is 0. The van der Waals surface area contributed by atoms with Crippen LogP contribution in [0.2, 0.25) is 0 Å². The van der Waals surface area contributed by atoms with Gasteiger partial charge in [0.2, 0.25) is 5.43 Å². The van der Waals surface area contributed by atoms with E-state index in [9.17, 15) is 4.79 Å². The highest BCUT2D eigenvalue weighted by Crippen LogP contribution is 2.25. The Bertz CT molecular complexity index is 806. The summed E-state index contributed by atoms with van der Waals surface area (Å²) >= 11 is 0. The van der Waals surface area contributed by atoms with Crippen LogP contribution in [0.1, 0.15) is 5.69 Å². The maximum Gasteiger partial charge on any atom is 0.277 e. The topological polar surface area (TPSA) is 75.2 Å². The minimum atomic E-state index is -0.543. The number of hydrogen-bond acceptors (Lipinski definition) is 4. The molecule has 0 unspecified atom stereocenters. The predicted molar refractivity (Wildman–Crippen MR) is 74.8 cm³/mol. The molecular weight excluding hydrogens is 256 g/mol. The molecule has 5 nitrogen and oxygen atoms in total.